The zero-order valence-electron chi connectivity index (χ0n) is 19.0. The summed E-state index contributed by atoms with van der Waals surface area (Å²) in [6.07, 6.45) is 3.47. The molecule has 0 amide bonds. The van der Waals surface area contributed by atoms with E-state index < -0.39 is 0 Å². The number of benzene rings is 1. The maximum atomic E-state index is 5.54. The molecule has 162 valence electrons. The van der Waals surface area contributed by atoms with Gasteiger partial charge in [0.25, 0.3) is 0 Å². The highest BCUT2D eigenvalue weighted by Crippen LogP contribution is 2.37. The Morgan fingerprint density at radius 3 is 2.42 bits per heavy atom. The molecule has 1 aromatic carbocycles. The number of methoxy groups -OCH3 is 1. The van der Waals surface area contributed by atoms with Gasteiger partial charge in [-0.05, 0) is 30.0 Å². The van der Waals surface area contributed by atoms with E-state index in [1.165, 1.54) is 17.5 Å². The van der Waals surface area contributed by atoms with E-state index in [1.54, 1.807) is 11.6 Å². The van der Waals surface area contributed by atoms with Gasteiger partial charge in [-0.3, -0.25) is 5.10 Å². The molecule has 0 aliphatic heterocycles. The quantitative estimate of drug-likeness (QED) is 0.443. The van der Waals surface area contributed by atoms with Crippen molar-refractivity contribution in [2.75, 3.05) is 7.11 Å². The molecule has 0 saturated heterocycles. The molecule has 0 spiro atoms. The minimum Gasteiger partial charge on any atom is -0.493 e. The first kappa shape index (κ1) is 21.1. The first-order valence-corrected chi connectivity index (χ1v) is 10.7. The molecular weight excluding hydrogens is 388 g/mol. The van der Waals surface area contributed by atoms with Gasteiger partial charge in [0.05, 0.1) is 18.5 Å². The highest BCUT2D eigenvalue weighted by atomic mass is 16.5. The number of nitrogens with zero attached hydrogens (tertiary/aromatic N) is 4. The number of H-pyrrole nitrogens is 1. The fourth-order valence-electron chi connectivity index (χ4n) is 4.06. The van der Waals surface area contributed by atoms with E-state index in [0.717, 1.165) is 22.5 Å². The third-order valence-corrected chi connectivity index (χ3v) is 5.50. The molecule has 0 unspecified atom stereocenters. The number of hydrogen-bond acceptors (Lipinski definition) is 5. The fraction of sp³-hybridized carbons (Fsp3) is 0.375. The lowest BCUT2D eigenvalue weighted by Gasteiger charge is -2.17. The number of rotatable bonds is 7. The average Bonchev–Trinajstić information content (AvgIpc) is 3.39. The molecule has 0 bridgehead atoms. The van der Waals surface area contributed by atoms with Gasteiger partial charge < -0.3 is 10.1 Å². The molecule has 31 heavy (non-hydrogen) atoms. The number of aromatic amines is 1. The van der Waals surface area contributed by atoms with E-state index in [1.807, 2.05) is 12.3 Å². The summed E-state index contributed by atoms with van der Waals surface area (Å²) in [5, 5.41) is 15.8. The largest absolute Gasteiger partial charge is 0.493 e. The summed E-state index contributed by atoms with van der Waals surface area (Å²) in [6, 6.07) is 11.4. The number of fused-ring (bicyclic) bond motifs is 1. The number of pyridine rings is 1. The monoisotopic (exact) mass is 418 g/mol. The van der Waals surface area contributed by atoms with Crippen molar-refractivity contribution in [3.63, 3.8) is 0 Å². The van der Waals surface area contributed by atoms with Crippen LogP contribution in [0.15, 0.2) is 42.9 Å². The summed E-state index contributed by atoms with van der Waals surface area (Å²) in [5.74, 6) is 0.952. The predicted octanol–water partition coefficient (Wildman–Crippen LogP) is 4.98. The number of aromatic nitrogens is 5. The lowest BCUT2D eigenvalue weighted by Crippen LogP contribution is -2.25. The molecule has 0 fully saturated rings. The summed E-state index contributed by atoms with van der Waals surface area (Å²) >= 11 is 0. The van der Waals surface area contributed by atoms with Gasteiger partial charge in [-0.2, -0.15) is 10.2 Å². The molecule has 0 aliphatic rings. The molecule has 1 atom stereocenters. The van der Waals surface area contributed by atoms with Crippen LogP contribution in [0.5, 0.6) is 5.75 Å². The highest BCUT2D eigenvalue weighted by Gasteiger charge is 2.21. The molecule has 0 radical (unpaired) electrons. The van der Waals surface area contributed by atoms with Crippen LogP contribution in [0.2, 0.25) is 0 Å². The highest BCUT2D eigenvalue weighted by molar-refractivity contribution is 5.76. The number of ether oxygens (including phenoxy) is 1. The van der Waals surface area contributed by atoms with Crippen LogP contribution in [-0.4, -0.2) is 37.9 Å². The van der Waals surface area contributed by atoms with E-state index in [4.69, 9.17) is 9.84 Å². The van der Waals surface area contributed by atoms with Crippen molar-refractivity contribution < 1.29 is 4.74 Å². The minimum atomic E-state index is 0.280. The van der Waals surface area contributed by atoms with Crippen molar-refractivity contribution in [3.05, 3.63) is 54.0 Å². The molecule has 2 N–H and O–H groups in total. The van der Waals surface area contributed by atoms with Crippen LogP contribution in [0.25, 0.3) is 28.2 Å². The van der Waals surface area contributed by atoms with Crippen molar-refractivity contribution in [1.82, 2.24) is 30.1 Å². The van der Waals surface area contributed by atoms with Gasteiger partial charge in [-0.1, -0.05) is 52.0 Å². The number of nitrogens with one attached hydrogen (secondary N) is 2. The summed E-state index contributed by atoms with van der Waals surface area (Å²) in [6.45, 7) is 10.9. The van der Waals surface area contributed by atoms with Gasteiger partial charge in [0.15, 0.2) is 11.4 Å². The summed E-state index contributed by atoms with van der Waals surface area (Å²) in [4.78, 5) is 4.27. The van der Waals surface area contributed by atoms with Crippen LogP contribution in [0, 0.1) is 0 Å². The Bertz CT molecular complexity index is 1170. The first-order chi connectivity index (χ1) is 14.9. The Labute approximate surface area is 182 Å². The van der Waals surface area contributed by atoms with Gasteiger partial charge in [-0.15, -0.1) is 0 Å². The Hall–Kier alpha value is -3.19. The standard InChI is InChI=1S/C24H30N6O/c1-14(2)21-22(18-9-7-17(8-10-18)16(5)27-15(3)4)28-29-23(21)19-11-20(31-6)24-25-13-26-30(24)12-19/h7-16,27H,1-6H3,(H,28,29)/t16-/m0/s1. The lowest BCUT2D eigenvalue weighted by molar-refractivity contribution is 0.416. The van der Waals surface area contributed by atoms with Gasteiger partial charge in [0.1, 0.15) is 6.33 Å². The Morgan fingerprint density at radius 1 is 1.03 bits per heavy atom. The minimum absolute atomic E-state index is 0.280. The summed E-state index contributed by atoms with van der Waals surface area (Å²) < 4.78 is 7.26. The first-order valence-electron chi connectivity index (χ1n) is 10.7. The molecule has 7 nitrogen and oxygen atoms in total. The molecular formula is C24H30N6O. The van der Waals surface area contributed by atoms with Crippen molar-refractivity contribution in [1.29, 1.82) is 0 Å². The molecule has 7 heteroatoms. The van der Waals surface area contributed by atoms with Gasteiger partial charge in [0, 0.05) is 29.4 Å². The van der Waals surface area contributed by atoms with Crippen LogP contribution in [-0.2, 0) is 0 Å². The lowest BCUT2D eigenvalue weighted by atomic mass is 9.93. The fourth-order valence-corrected chi connectivity index (χ4v) is 4.06. The topological polar surface area (TPSA) is 80.1 Å². The Balaban J connectivity index is 1.75. The molecule has 3 aromatic heterocycles. The smallest absolute Gasteiger partial charge is 0.197 e. The van der Waals surface area contributed by atoms with Crippen LogP contribution < -0.4 is 10.1 Å². The van der Waals surface area contributed by atoms with E-state index in [-0.39, 0.29) is 5.92 Å². The zero-order valence-corrected chi connectivity index (χ0v) is 19.0. The molecule has 0 saturated carbocycles. The summed E-state index contributed by atoms with van der Waals surface area (Å²) in [5.41, 5.74) is 7.13. The van der Waals surface area contributed by atoms with Gasteiger partial charge in [0.2, 0.25) is 0 Å². The Morgan fingerprint density at radius 2 is 1.77 bits per heavy atom. The van der Waals surface area contributed by atoms with Gasteiger partial charge in [-0.25, -0.2) is 9.50 Å². The van der Waals surface area contributed by atoms with Crippen LogP contribution in [0.1, 0.15) is 57.7 Å². The normalized spacial score (nSPS) is 12.8. The second-order valence-electron chi connectivity index (χ2n) is 8.51. The van der Waals surface area contributed by atoms with E-state index >= 15 is 0 Å². The number of hydrogen-bond donors (Lipinski definition) is 2. The van der Waals surface area contributed by atoms with Crippen LogP contribution in [0.4, 0.5) is 0 Å². The van der Waals surface area contributed by atoms with E-state index in [2.05, 4.69) is 79.4 Å². The van der Waals surface area contributed by atoms with Crippen LogP contribution in [0.3, 0.4) is 0 Å². The van der Waals surface area contributed by atoms with Crippen molar-refractivity contribution >= 4 is 5.65 Å². The van der Waals surface area contributed by atoms with E-state index in [0.29, 0.717) is 23.5 Å². The van der Waals surface area contributed by atoms with Crippen LogP contribution >= 0.6 is 0 Å². The van der Waals surface area contributed by atoms with Crippen molar-refractivity contribution in [2.24, 2.45) is 0 Å². The zero-order chi connectivity index (χ0) is 22.1. The van der Waals surface area contributed by atoms with E-state index in [9.17, 15) is 0 Å². The SMILES string of the molecule is COc1cc(-c2n[nH]c(-c3ccc([C@H](C)NC(C)C)cc3)c2C(C)C)cn2ncnc12. The second-order valence-corrected chi connectivity index (χ2v) is 8.51. The Kier molecular flexibility index (Phi) is 5.78. The van der Waals surface area contributed by atoms with Gasteiger partial charge >= 0.3 is 0 Å². The molecule has 4 aromatic rings. The predicted molar refractivity (Wildman–Crippen MR) is 123 cm³/mol. The third kappa shape index (κ3) is 4.05. The second kappa shape index (κ2) is 8.51. The maximum Gasteiger partial charge on any atom is 0.197 e. The molecule has 3 heterocycles. The summed E-state index contributed by atoms with van der Waals surface area (Å²) in [7, 11) is 1.64. The van der Waals surface area contributed by atoms with Crippen molar-refractivity contribution in [2.45, 2.75) is 52.6 Å². The maximum absolute atomic E-state index is 5.54. The molecule has 0 aliphatic carbocycles. The average molecular weight is 419 g/mol. The van der Waals surface area contributed by atoms with Crippen molar-refractivity contribution in [3.8, 4) is 28.3 Å². The third-order valence-electron chi connectivity index (χ3n) is 5.50. The molecule has 4 rings (SSSR count).